The van der Waals surface area contributed by atoms with Crippen molar-refractivity contribution >= 4 is 12.3 Å². The van der Waals surface area contributed by atoms with Crippen LogP contribution in [-0.2, 0) is 14.3 Å². The number of carbonyl (C=O) groups excluding carboxylic acids is 2. The Morgan fingerprint density at radius 1 is 1.32 bits per heavy atom. The van der Waals surface area contributed by atoms with Gasteiger partial charge in [0.25, 0.3) is 0 Å². The van der Waals surface area contributed by atoms with Gasteiger partial charge in [-0.1, -0.05) is 6.07 Å². The molecule has 0 radical (unpaired) electrons. The van der Waals surface area contributed by atoms with E-state index in [1.54, 1.807) is 6.92 Å². The number of ether oxygens (including phenoxy) is 1. The number of aldehydes is 1. The molecule has 0 spiro atoms. The molecule has 1 aromatic carbocycles. The summed E-state index contributed by atoms with van der Waals surface area (Å²) in [5, 5.41) is 0. The molecule has 1 rings (SSSR count). The van der Waals surface area contributed by atoms with Gasteiger partial charge in [-0.2, -0.15) is 0 Å². The summed E-state index contributed by atoms with van der Waals surface area (Å²) in [5.74, 6) is -5.89. The molecule has 1 aromatic rings. The van der Waals surface area contributed by atoms with Crippen LogP contribution in [0.5, 0.6) is 0 Å². The zero-order valence-corrected chi connectivity index (χ0v) is 10.3. The molecule has 0 saturated carbocycles. The van der Waals surface area contributed by atoms with Gasteiger partial charge in [0.15, 0.2) is 17.5 Å². The van der Waals surface area contributed by atoms with Crippen LogP contribution in [0.3, 0.4) is 0 Å². The topological polar surface area (TPSA) is 43.4 Å². The molecule has 0 saturated heterocycles. The van der Waals surface area contributed by atoms with Crippen molar-refractivity contribution in [1.82, 2.24) is 0 Å². The summed E-state index contributed by atoms with van der Waals surface area (Å²) in [6, 6.07) is 1.74. The maximum Gasteiger partial charge on any atom is 0.305 e. The Bertz CT molecular complexity index is 474. The van der Waals surface area contributed by atoms with Crippen molar-refractivity contribution in [1.29, 1.82) is 0 Å². The van der Waals surface area contributed by atoms with Crippen molar-refractivity contribution in [3.8, 4) is 0 Å². The minimum absolute atomic E-state index is 0.0235. The van der Waals surface area contributed by atoms with E-state index in [-0.39, 0.29) is 25.0 Å². The van der Waals surface area contributed by atoms with Crippen LogP contribution in [0.15, 0.2) is 12.1 Å². The molecule has 1 atom stereocenters. The number of rotatable bonds is 6. The fraction of sp³-hybridized carbons (Fsp3) is 0.385. The lowest BCUT2D eigenvalue weighted by Crippen LogP contribution is -2.10. The van der Waals surface area contributed by atoms with Crippen LogP contribution in [-0.4, -0.2) is 18.9 Å². The molecule has 0 aliphatic carbocycles. The van der Waals surface area contributed by atoms with E-state index in [4.69, 9.17) is 0 Å². The number of hydrogen-bond acceptors (Lipinski definition) is 3. The zero-order valence-electron chi connectivity index (χ0n) is 10.3. The summed E-state index contributed by atoms with van der Waals surface area (Å²) in [6.07, 6.45) is 0.273. The average molecular weight is 274 g/mol. The number of benzene rings is 1. The second-order valence-corrected chi connectivity index (χ2v) is 3.85. The molecular weight excluding hydrogens is 261 g/mol. The summed E-state index contributed by atoms with van der Waals surface area (Å²) in [4.78, 5) is 22.0. The number of esters is 1. The monoisotopic (exact) mass is 274 g/mol. The van der Waals surface area contributed by atoms with Gasteiger partial charge >= 0.3 is 5.97 Å². The van der Waals surface area contributed by atoms with E-state index in [1.807, 2.05) is 0 Å². The van der Waals surface area contributed by atoms with E-state index in [1.165, 1.54) is 0 Å². The molecule has 19 heavy (non-hydrogen) atoms. The third-order valence-corrected chi connectivity index (χ3v) is 2.59. The van der Waals surface area contributed by atoms with Gasteiger partial charge in [-0.3, -0.25) is 4.79 Å². The van der Waals surface area contributed by atoms with Crippen molar-refractivity contribution in [2.45, 2.75) is 25.7 Å². The van der Waals surface area contributed by atoms with Crippen molar-refractivity contribution in [3.63, 3.8) is 0 Å². The van der Waals surface area contributed by atoms with Crippen molar-refractivity contribution < 1.29 is 27.5 Å². The Morgan fingerprint density at radius 2 is 2.00 bits per heavy atom. The lowest BCUT2D eigenvalue weighted by Gasteiger charge is -2.11. The van der Waals surface area contributed by atoms with Crippen molar-refractivity contribution in [3.05, 3.63) is 35.1 Å². The molecule has 0 amide bonds. The zero-order chi connectivity index (χ0) is 14.4. The summed E-state index contributed by atoms with van der Waals surface area (Å²) in [6.45, 7) is 1.83. The lowest BCUT2D eigenvalue weighted by molar-refractivity contribution is -0.143. The van der Waals surface area contributed by atoms with Crippen LogP contribution >= 0.6 is 0 Å². The summed E-state index contributed by atoms with van der Waals surface area (Å²) in [5.41, 5.74) is -0.266. The number of carbonyl (C=O) groups is 2. The Hall–Kier alpha value is -1.85. The van der Waals surface area contributed by atoms with Gasteiger partial charge in [-0.05, 0) is 19.4 Å². The molecule has 0 aliphatic rings. The largest absolute Gasteiger partial charge is 0.466 e. The molecule has 104 valence electrons. The van der Waals surface area contributed by atoms with Crippen LogP contribution in [0.4, 0.5) is 13.2 Å². The molecule has 1 unspecified atom stereocenters. The molecule has 0 aromatic heterocycles. The summed E-state index contributed by atoms with van der Waals surface area (Å²) in [7, 11) is 0. The first-order chi connectivity index (χ1) is 9.01. The van der Waals surface area contributed by atoms with E-state index < -0.39 is 29.3 Å². The van der Waals surface area contributed by atoms with Gasteiger partial charge in [0, 0.05) is 17.9 Å². The fourth-order valence-electron chi connectivity index (χ4n) is 1.63. The highest BCUT2D eigenvalue weighted by atomic mass is 19.2. The molecule has 0 fully saturated rings. The first-order valence-electron chi connectivity index (χ1n) is 5.75. The van der Waals surface area contributed by atoms with Gasteiger partial charge in [0.05, 0.1) is 6.61 Å². The van der Waals surface area contributed by atoms with E-state index in [9.17, 15) is 22.8 Å². The summed E-state index contributed by atoms with van der Waals surface area (Å²) < 4.78 is 44.0. The predicted octanol–water partition coefficient (Wildman–Crippen LogP) is 2.73. The van der Waals surface area contributed by atoms with E-state index in [0.717, 1.165) is 12.1 Å². The van der Waals surface area contributed by atoms with Gasteiger partial charge < -0.3 is 9.53 Å². The third kappa shape index (κ3) is 3.81. The van der Waals surface area contributed by atoms with Gasteiger partial charge in [-0.25, -0.2) is 13.2 Å². The van der Waals surface area contributed by atoms with Crippen molar-refractivity contribution in [2.24, 2.45) is 0 Å². The quantitative estimate of drug-likeness (QED) is 0.455. The van der Waals surface area contributed by atoms with Crippen LogP contribution in [0.2, 0.25) is 0 Å². The Kier molecular flexibility index (Phi) is 5.54. The van der Waals surface area contributed by atoms with Crippen LogP contribution in [0, 0.1) is 17.5 Å². The molecule has 6 heteroatoms. The average Bonchev–Trinajstić information content (AvgIpc) is 2.39. The predicted molar refractivity (Wildman–Crippen MR) is 61.0 cm³/mol. The molecule has 3 nitrogen and oxygen atoms in total. The van der Waals surface area contributed by atoms with Gasteiger partial charge in [0.1, 0.15) is 6.29 Å². The van der Waals surface area contributed by atoms with Crippen LogP contribution in [0.1, 0.15) is 31.2 Å². The smallest absolute Gasteiger partial charge is 0.305 e. The standard InChI is InChI=1S/C13H13F3O3/c1-2-19-11(18)6-3-8(7-17)9-4-5-10(14)13(16)12(9)15/h4-5,7-8H,2-3,6H2,1H3. The lowest BCUT2D eigenvalue weighted by atomic mass is 9.95. The highest BCUT2D eigenvalue weighted by Crippen LogP contribution is 2.25. The van der Waals surface area contributed by atoms with Gasteiger partial charge in [-0.15, -0.1) is 0 Å². The molecule has 0 heterocycles. The van der Waals surface area contributed by atoms with Gasteiger partial charge in [0.2, 0.25) is 0 Å². The summed E-state index contributed by atoms with van der Waals surface area (Å²) >= 11 is 0. The third-order valence-electron chi connectivity index (χ3n) is 2.59. The first-order valence-corrected chi connectivity index (χ1v) is 5.75. The minimum atomic E-state index is -1.62. The molecular formula is C13H13F3O3. The molecule has 0 bridgehead atoms. The van der Waals surface area contributed by atoms with E-state index in [0.29, 0.717) is 6.29 Å². The molecule has 0 N–H and O–H groups in total. The van der Waals surface area contributed by atoms with E-state index in [2.05, 4.69) is 4.74 Å². The maximum absolute atomic E-state index is 13.5. The van der Waals surface area contributed by atoms with Crippen LogP contribution < -0.4 is 0 Å². The molecule has 0 aliphatic heterocycles. The minimum Gasteiger partial charge on any atom is -0.466 e. The Labute approximate surface area is 108 Å². The fourth-order valence-corrected chi connectivity index (χ4v) is 1.63. The Morgan fingerprint density at radius 3 is 2.58 bits per heavy atom. The highest BCUT2D eigenvalue weighted by Gasteiger charge is 2.21. The van der Waals surface area contributed by atoms with Crippen LogP contribution in [0.25, 0.3) is 0 Å². The second-order valence-electron chi connectivity index (χ2n) is 3.85. The number of hydrogen-bond donors (Lipinski definition) is 0. The highest BCUT2D eigenvalue weighted by molar-refractivity contribution is 5.71. The maximum atomic E-state index is 13.5. The Balaban J connectivity index is 2.83. The first kappa shape index (κ1) is 15.2. The normalized spacial score (nSPS) is 12.0. The SMILES string of the molecule is CCOC(=O)CCC(C=O)c1ccc(F)c(F)c1F. The van der Waals surface area contributed by atoms with E-state index >= 15 is 0 Å². The number of halogens is 3. The second kappa shape index (κ2) is 6.92. The van der Waals surface area contributed by atoms with Crippen molar-refractivity contribution in [2.75, 3.05) is 6.61 Å².